The summed E-state index contributed by atoms with van der Waals surface area (Å²) >= 11 is 1.71. The van der Waals surface area contributed by atoms with Gasteiger partial charge in [0.2, 0.25) is 0 Å². The molecule has 0 bridgehead atoms. The van der Waals surface area contributed by atoms with Gasteiger partial charge in [-0.1, -0.05) is 30.3 Å². The maximum absolute atomic E-state index is 4.62. The number of halogens is 1. The summed E-state index contributed by atoms with van der Waals surface area (Å²) in [4.78, 5) is 6.63. The summed E-state index contributed by atoms with van der Waals surface area (Å²) in [6.45, 7) is 1.51. The Hall–Kier alpha value is -1.08. The molecule has 0 saturated heterocycles. The van der Waals surface area contributed by atoms with Crippen LogP contribution in [-0.4, -0.2) is 25.0 Å². The van der Waals surface area contributed by atoms with E-state index in [0.29, 0.717) is 0 Å². The third-order valence-corrected chi connectivity index (χ3v) is 3.44. The molecule has 1 aromatic heterocycles. The Morgan fingerprint density at radius 1 is 1.15 bits per heavy atom. The van der Waals surface area contributed by atoms with E-state index in [-0.39, 0.29) is 24.0 Å². The van der Waals surface area contributed by atoms with Gasteiger partial charge in [0.05, 0.1) is 6.54 Å². The Bertz CT molecular complexity index is 509. The minimum absolute atomic E-state index is 0. The molecule has 1 heterocycles. The molecule has 2 rings (SSSR count). The highest BCUT2D eigenvalue weighted by Crippen LogP contribution is 2.07. The van der Waals surface area contributed by atoms with E-state index >= 15 is 0 Å². The summed E-state index contributed by atoms with van der Waals surface area (Å²) in [6, 6.07) is 12.5. The molecular weight excluding hydrogens is 381 g/mol. The van der Waals surface area contributed by atoms with Crippen molar-refractivity contribution in [3.05, 3.63) is 58.3 Å². The predicted octanol–water partition coefficient (Wildman–Crippen LogP) is 3.57. The number of thiophene rings is 1. The summed E-state index contributed by atoms with van der Waals surface area (Å²) in [5.74, 6) is 0.912. The highest BCUT2D eigenvalue weighted by atomic mass is 127. The van der Waals surface area contributed by atoms with Crippen LogP contribution in [0.5, 0.6) is 0 Å². The van der Waals surface area contributed by atoms with Crippen LogP contribution < -0.4 is 5.32 Å². The number of hydrogen-bond donors (Lipinski definition) is 1. The van der Waals surface area contributed by atoms with Crippen molar-refractivity contribution in [2.24, 2.45) is 4.99 Å². The second kappa shape index (κ2) is 8.97. The van der Waals surface area contributed by atoms with E-state index in [9.17, 15) is 0 Å². The predicted molar refractivity (Wildman–Crippen MR) is 97.8 cm³/mol. The maximum atomic E-state index is 4.62. The Morgan fingerprint density at radius 2 is 1.90 bits per heavy atom. The third-order valence-electron chi connectivity index (χ3n) is 2.71. The van der Waals surface area contributed by atoms with Crippen molar-refractivity contribution in [1.29, 1.82) is 0 Å². The van der Waals surface area contributed by atoms with Crippen LogP contribution in [0.15, 0.2) is 52.2 Å². The number of benzene rings is 1. The lowest BCUT2D eigenvalue weighted by Crippen LogP contribution is -2.36. The molecule has 20 heavy (non-hydrogen) atoms. The molecule has 1 aromatic carbocycles. The van der Waals surface area contributed by atoms with Crippen molar-refractivity contribution >= 4 is 41.3 Å². The lowest BCUT2D eigenvalue weighted by Gasteiger charge is -2.17. The van der Waals surface area contributed by atoms with Crippen LogP contribution in [0.3, 0.4) is 0 Å². The second-order valence-electron chi connectivity index (χ2n) is 4.51. The molecule has 0 aliphatic carbocycles. The number of nitrogens with zero attached hydrogens (tertiary/aromatic N) is 2. The van der Waals surface area contributed by atoms with Gasteiger partial charge in [-0.25, -0.2) is 4.99 Å². The molecule has 0 amide bonds. The van der Waals surface area contributed by atoms with Gasteiger partial charge in [0.25, 0.3) is 0 Å². The van der Waals surface area contributed by atoms with E-state index in [2.05, 4.69) is 51.4 Å². The van der Waals surface area contributed by atoms with Crippen LogP contribution in [0.4, 0.5) is 0 Å². The Labute approximate surface area is 141 Å². The monoisotopic (exact) mass is 401 g/mol. The first-order valence-corrected chi connectivity index (χ1v) is 7.20. The van der Waals surface area contributed by atoms with Crippen LogP contribution in [0.1, 0.15) is 11.1 Å². The molecule has 0 unspecified atom stereocenters. The SMILES string of the molecule is CN(C)C(=NCc1ccsc1)NCc1ccccc1.I. The van der Waals surface area contributed by atoms with Crippen molar-refractivity contribution in [2.45, 2.75) is 13.1 Å². The van der Waals surface area contributed by atoms with Gasteiger partial charge < -0.3 is 10.2 Å². The average molecular weight is 401 g/mol. The van der Waals surface area contributed by atoms with E-state index in [0.717, 1.165) is 19.0 Å². The standard InChI is InChI=1S/C15H19N3S.HI/c1-18(2)15(17-11-14-8-9-19-12-14)16-10-13-6-4-3-5-7-13;/h3-9,12H,10-11H2,1-2H3,(H,16,17);1H. The zero-order valence-electron chi connectivity index (χ0n) is 11.7. The van der Waals surface area contributed by atoms with Gasteiger partial charge in [-0.2, -0.15) is 11.3 Å². The van der Waals surface area contributed by atoms with Gasteiger partial charge in [-0.3, -0.25) is 0 Å². The molecule has 0 aliphatic rings. The van der Waals surface area contributed by atoms with Crippen molar-refractivity contribution < 1.29 is 0 Å². The van der Waals surface area contributed by atoms with Crippen LogP contribution in [0.2, 0.25) is 0 Å². The number of hydrogen-bond acceptors (Lipinski definition) is 2. The lowest BCUT2D eigenvalue weighted by atomic mass is 10.2. The zero-order chi connectivity index (χ0) is 13.5. The van der Waals surface area contributed by atoms with Crippen LogP contribution in [0.25, 0.3) is 0 Å². The summed E-state index contributed by atoms with van der Waals surface area (Å²) in [6.07, 6.45) is 0. The van der Waals surface area contributed by atoms with Crippen LogP contribution in [-0.2, 0) is 13.1 Å². The Kier molecular flexibility index (Phi) is 7.61. The molecule has 0 radical (unpaired) electrons. The van der Waals surface area contributed by atoms with Crippen molar-refractivity contribution in [3.8, 4) is 0 Å². The maximum Gasteiger partial charge on any atom is 0.194 e. The normalized spacial score (nSPS) is 10.8. The van der Waals surface area contributed by atoms with E-state index in [4.69, 9.17) is 0 Å². The number of guanidine groups is 1. The molecule has 0 spiro atoms. The van der Waals surface area contributed by atoms with Gasteiger partial charge in [0.1, 0.15) is 0 Å². The quantitative estimate of drug-likeness (QED) is 0.482. The fourth-order valence-corrected chi connectivity index (χ4v) is 2.34. The minimum atomic E-state index is 0. The zero-order valence-corrected chi connectivity index (χ0v) is 14.9. The highest BCUT2D eigenvalue weighted by molar-refractivity contribution is 14.0. The fourth-order valence-electron chi connectivity index (χ4n) is 1.68. The fraction of sp³-hybridized carbons (Fsp3) is 0.267. The molecule has 0 saturated carbocycles. The first kappa shape index (κ1) is 17.0. The van der Waals surface area contributed by atoms with Crippen LogP contribution in [0, 0.1) is 0 Å². The summed E-state index contributed by atoms with van der Waals surface area (Å²) in [7, 11) is 4.01. The summed E-state index contributed by atoms with van der Waals surface area (Å²) in [5, 5.41) is 7.59. The van der Waals surface area contributed by atoms with Gasteiger partial charge in [-0.15, -0.1) is 24.0 Å². The molecule has 108 valence electrons. The molecule has 2 aromatic rings. The number of rotatable bonds is 4. The molecule has 3 nitrogen and oxygen atoms in total. The summed E-state index contributed by atoms with van der Waals surface area (Å²) < 4.78 is 0. The van der Waals surface area contributed by atoms with Crippen molar-refractivity contribution in [3.63, 3.8) is 0 Å². The van der Waals surface area contributed by atoms with Gasteiger partial charge >= 0.3 is 0 Å². The summed E-state index contributed by atoms with van der Waals surface area (Å²) in [5.41, 5.74) is 2.51. The number of nitrogens with one attached hydrogen (secondary N) is 1. The molecule has 0 atom stereocenters. The second-order valence-corrected chi connectivity index (χ2v) is 5.29. The molecular formula is C15H20IN3S. The lowest BCUT2D eigenvalue weighted by molar-refractivity contribution is 0.579. The van der Waals surface area contributed by atoms with Crippen molar-refractivity contribution in [1.82, 2.24) is 10.2 Å². The van der Waals surface area contributed by atoms with E-state index in [1.807, 2.05) is 25.1 Å². The Morgan fingerprint density at radius 3 is 2.50 bits per heavy atom. The van der Waals surface area contributed by atoms with E-state index < -0.39 is 0 Å². The molecule has 5 heteroatoms. The Balaban J connectivity index is 0.00000200. The largest absolute Gasteiger partial charge is 0.352 e. The highest BCUT2D eigenvalue weighted by Gasteiger charge is 2.01. The minimum Gasteiger partial charge on any atom is -0.352 e. The van der Waals surface area contributed by atoms with Gasteiger partial charge in [0.15, 0.2) is 5.96 Å². The van der Waals surface area contributed by atoms with E-state index in [1.54, 1.807) is 11.3 Å². The molecule has 1 N–H and O–H groups in total. The first-order valence-electron chi connectivity index (χ1n) is 6.26. The average Bonchev–Trinajstić information content (AvgIpc) is 2.92. The number of aliphatic imine (C=N–C) groups is 1. The van der Waals surface area contributed by atoms with Gasteiger partial charge in [0, 0.05) is 20.6 Å². The van der Waals surface area contributed by atoms with Gasteiger partial charge in [-0.05, 0) is 28.0 Å². The topological polar surface area (TPSA) is 27.6 Å². The van der Waals surface area contributed by atoms with E-state index in [1.165, 1.54) is 11.1 Å². The molecule has 0 fully saturated rings. The van der Waals surface area contributed by atoms with Crippen molar-refractivity contribution in [2.75, 3.05) is 14.1 Å². The smallest absolute Gasteiger partial charge is 0.194 e. The third kappa shape index (κ3) is 5.50. The molecule has 0 aliphatic heterocycles. The first-order chi connectivity index (χ1) is 9.25. The van der Waals surface area contributed by atoms with Crippen LogP contribution >= 0.6 is 35.3 Å².